The van der Waals surface area contributed by atoms with Gasteiger partial charge in [-0.25, -0.2) is 9.78 Å². The summed E-state index contributed by atoms with van der Waals surface area (Å²) in [5, 5.41) is 25.4. The number of carboxylic acid groups (broad SMARTS) is 1. The summed E-state index contributed by atoms with van der Waals surface area (Å²) in [4.78, 5) is 25.0. The first kappa shape index (κ1) is 14.5. The van der Waals surface area contributed by atoms with Gasteiger partial charge in [0.2, 0.25) is 0 Å². The zero-order chi connectivity index (χ0) is 15.2. The molecule has 1 aromatic carbocycles. The van der Waals surface area contributed by atoms with Crippen molar-refractivity contribution in [3.8, 4) is 0 Å². The number of rotatable bonds is 6. The Morgan fingerprint density at radius 2 is 2.10 bits per heavy atom. The van der Waals surface area contributed by atoms with Crippen molar-refractivity contribution < 1.29 is 14.8 Å². The van der Waals surface area contributed by atoms with Gasteiger partial charge in [-0.2, -0.15) is 0 Å². The van der Waals surface area contributed by atoms with Crippen LogP contribution in [0.4, 0.5) is 16.2 Å². The number of carbonyl (C=O) groups is 1. The number of nitro groups is 1. The molecule has 3 N–H and O–H groups in total. The molecule has 0 unspecified atom stereocenters. The quantitative estimate of drug-likeness (QED) is 0.426. The van der Waals surface area contributed by atoms with Crippen LogP contribution in [0.1, 0.15) is 6.42 Å². The van der Waals surface area contributed by atoms with E-state index in [2.05, 4.69) is 15.6 Å². The van der Waals surface area contributed by atoms with Gasteiger partial charge in [0, 0.05) is 18.5 Å². The number of para-hydroxylation sites is 1. The highest BCUT2D eigenvalue weighted by molar-refractivity contribution is 5.95. The molecular weight excluding hydrogens is 276 g/mol. The third kappa shape index (κ3) is 3.56. The predicted molar refractivity (Wildman–Crippen MR) is 77.5 cm³/mol. The van der Waals surface area contributed by atoms with E-state index in [4.69, 9.17) is 5.11 Å². The number of hydrogen-bond donors (Lipinski definition) is 3. The summed E-state index contributed by atoms with van der Waals surface area (Å²) in [6.07, 6.45) is 0.649. The number of anilines is 1. The number of amides is 1. The Bertz CT molecular complexity index is 674. The summed E-state index contributed by atoms with van der Waals surface area (Å²) in [5.41, 5.74) is 0.968. The first-order chi connectivity index (χ1) is 10.1. The number of fused-ring (bicyclic) bond motifs is 1. The minimum atomic E-state index is -1.09. The monoisotopic (exact) mass is 290 g/mol. The van der Waals surface area contributed by atoms with Gasteiger partial charge in [0.15, 0.2) is 0 Å². The van der Waals surface area contributed by atoms with Crippen LogP contribution in [0.2, 0.25) is 0 Å². The Kier molecular flexibility index (Phi) is 4.50. The van der Waals surface area contributed by atoms with Crippen LogP contribution in [0.3, 0.4) is 0 Å². The van der Waals surface area contributed by atoms with Gasteiger partial charge in [0.1, 0.15) is 11.9 Å². The maximum Gasteiger partial charge on any atom is 0.404 e. The number of aromatic nitrogens is 1. The Labute approximate surface area is 120 Å². The van der Waals surface area contributed by atoms with Crippen molar-refractivity contribution in [3.63, 3.8) is 0 Å². The fraction of sp³-hybridized carbons (Fsp3) is 0.231. The molecule has 0 saturated carbocycles. The molecule has 1 heterocycles. The SMILES string of the molecule is O=C(O)NCCCNc1c([N+](=O)[O-])cnc2ccccc12. The van der Waals surface area contributed by atoms with Crippen molar-refractivity contribution >= 4 is 28.4 Å². The first-order valence-corrected chi connectivity index (χ1v) is 6.32. The molecule has 0 aliphatic rings. The standard InChI is InChI=1S/C13H14N4O4/c18-13(19)15-7-3-6-14-12-9-4-1-2-5-10(9)16-8-11(12)17(20)21/h1-2,4-5,8,15H,3,6-7H2,(H,14,16)(H,18,19). The van der Waals surface area contributed by atoms with Crippen molar-refractivity contribution in [1.82, 2.24) is 10.3 Å². The van der Waals surface area contributed by atoms with Crippen molar-refractivity contribution in [1.29, 1.82) is 0 Å². The molecule has 2 rings (SSSR count). The normalized spacial score (nSPS) is 10.3. The Morgan fingerprint density at radius 3 is 2.81 bits per heavy atom. The van der Waals surface area contributed by atoms with Crippen molar-refractivity contribution in [2.45, 2.75) is 6.42 Å². The van der Waals surface area contributed by atoms with Crippen LogP contribution >= 0.6 is 0 Å². The summed E-state index contributed by atoms with van der Waals surface area (Å²) < 4.78 is 0. The number of benzene rings is 1. The minimum Gasteiger partial charge on any atom is -0.465 e. The number of nitrogens with zero attached hydrogens (tertiary/aromatic N) is 2. The van der Waals surface area contributed by atoms with Crippen LogP contribution in [0, 0.1) is 10.1 Å². The van der Waals surface area contributed by atoms with Crippen LogP contribution in [-0.2, 0) is 0 Å². The molecule has 8 nitrogen and oxygen atoms in total. The van der Waals surface area contributed by atoms with Gasteiger partial charge in [-0.15, -0.1) is 0 Å². The molecule has 0 spiro atoms. The van der Waals surface area contributed by atoms with Gasteiger partial charge in [0.05, 0.1) is 10.4 Å². The van der Waals surface area contributed by atoms with Gasteiger partial charge < -0.3 is 15.7 Å². The topological polar surface area (TPSA) is 117 Å². The van der Waals surface area contributed by atoms with Gasteiger partial charge >= 0.3 is 11.8 Å². The lowest BCUT2D eigenvalue weighted by Crippen LogP contribution is -2.23. The smallest absolute Gasteiger partial charge is 0.404 e. The van der Waals surface area contributed by atoms with Crippen LogP contribution in [-0.4, -0.2) is 34.2 Å². The molecule has 0 atom stereocenters. The van der Waals surface area contributed by atoms with E-state index in [9.17, 15) is 14.9 Å². The fourth-order valence-electron chi connectivity index (χ4n) is 1.95. The molecule has 0 fully saturated rings. The van der Waals surface area contributed by atoms with E-state index in [1.807, 2.05) is 6.07 Å². The summed E-state index contributed by atoms with van der Waals surface area (Å²) in [7, 11) is 0. The Hall–Kier alpha value is -2.90. The lowest BCUT2D eigenvalue weighted by atomic mass is 10.1. The van der Waals surface area contributed by atoms with Gasteiger partial charge in [0.25, 0.3) is 0 Å². The maximum atomic E-state index is 11.1. The Morgan fingerprint density at radius 1 is 1.33 bits per heavy atom. The van der Waals surface area contributed by atoms with Crippen molar-refractivity contribution in [2.75, 3.05) is 18.4 Å². The number of nitrogens with one attached hydrogen (secondary N) is 2. The highest BCUT2D eigenvalue weighted by atomic mass is 16.6. The molecule has 1 amide bonds. The summed E-state index contributed by atoms with van der Waals surface area (Å²) in [6, 6.07) is 7.12. The summed E-state index contributed by atoms with van der Waals surface area (Å²) in [6.45, 7) is 0.689. The van der Waals surface area contributed by atoms with E-state index in [0.717, 1.165) is 0 Å². The van der Waals surface area contributed by atoms with Gasteiger partial charge in [-0.05, 0) is 12.5 Å². The highest BCUT2D eigenvalue weighted by Crippen LogP contribution is 2.31. The van der Waals surface area contributed by atoms with E-state index in [1.165, 1.54) is 6.20 Å². The first-order valence-electron chi connectivity index (χ1n) is 6.32. The molecule has 110 valence electrons. The number of hydrogen-bond acceptors (Lipinski definition) is 5. The summed E-state index contributed by atoms with van der Waals surface area (Å²) >= 11 is 0. The lowest BCUT2D eigenvalue weighted by molar-refractivity contribution is -0.384. The van der Waals surface area contributed by atoms with Crippen LogP contribution in [0.25, 0.3) is 10.9 Å². The van der Waals surface area contributed by atoms with Crippen LogP contribution < -0.4 is 10.6 Å². The zero-order valence-electron chi connectivity index (χ0n) is 11.1. The predicted octanol–water partition coefficient (Wildman–Crippen LogP) is 2.21. The van der Waals surface area contributed by atoms with Crippen LogP contribution in [0.5, 0.6) is 0 Å². The van der Waals surface area contributed by atoms with E-state index in [1.54, 1.807) is 18.2 Å². The average Bonchev–Trinajstić information content (AvgIpc) is 2.46. The lowest BCUT2D eigenvalue weighted by Gasteiger charge is -2.09. The fourth-order valence-corrected chi connectivity index (χ4v) is 1.95. The zero-order valence-corrected chi connectivity index (χ0v) is 11.1. The third-order valence-corrected chi connectivity index (χ3v) is 2.88. The molecule has 0 radical (unpaired) electrons. The average molecular weight is 290 g/mol. The Balaban J connectivity index is 2.17. The highest BCUT2D eigenvalue weighted by Gasteiger charge is 2.17. The van der Waals surface area contributed by atoms with Crippen LogP contribution in [0.15, 0.2) is 30.5 Å². The molecule has 2 aromatic rings. The molecular formula is C13H14N4O4. The second kappa shape index (κ2) is 6.51. The molecule has 0 saturated heterocycles. The molecule has 0 aliphatic carbocycles. The van der Waals surface area contributed by atoms with Crippen molar-refractivity contribution in [3.05, 3.63) is 40.6 Å². The molecule has 1 aromatic heterocycles. The largest absolute Gasteiger partial charge is 0.465 e. The van der Waals surface area contributed by atoms with Gasteiger partial charge in [-0.1, -0.05) is 18.2 Å². The van der Waals surface area contributed by atoms with Gasteiger partial charge in [-0.3, -0.25) is 10.1 Å². The second-order valence-corrected chi connectivity index (χ2v) is 4.30. The minimum absolute atomic E-state index is 0.0973. The molecule has 0 bridgehead atoms. The molecule has 8 heteroatoms. The molecule has 0 aliphatic heterocycles. The third-order valence-electron chi connectivity index (χ3n) is 2.88. The van der Waals surface area contributed by atoms with E-state index in [-0.39, 0.29) is 12.2 Å². The molecule has 21 heavy (non-hydrogen) atoms. The maximum absolute atomic E-state index is 11.1. The number of pyridine rings is 1. The van der Waals surface area contributed by atoms with E-state index < -0.39 is 11.0 Å². The van der Waals surface area contributed by atoms with Crippen molar-refractivity contribution in [2.24, 2.45) is 0 Å². The summed E-state index contributed by atoms with van der Waals surface area (Å²) in [5.74, 6) is 0. The second-order valence-electron chi connectivity index (χ2n) is 4.30. The van der Waals surface area contributed by atoms with E-state index in [0.29, 0.717) is 29.6 Å². The van der Waals surface area contributed by atoms with E-state index >= 15 is 0 Å².